The SMILES string of the molecule is Cc1cccc(-c2ccc(C(=O)NC(=S)Nc3ccc(Br)c(C)n3)o2)c1. The first kappa shape index (κ1) is 18.3. The number of aromatic nitrogens is 1. The third-order valence-corrected chi connectivity index (χ3v) is 4.66. The van der Waals surface area contributed by atoms with Gasteiger partial charge in [0.25, 0.3) is 5.91 Å². The van der Waals surface area contributed by atoms with Crippen molar-refractivity contribution in [2.75, 3.05) is 5.32 Å². The van der Waals surface area contributed by atoms with E-state index < -0.39 is 5.91 Å². The minimum atomic E-state index is -0.421. The van der Waals surface area contributed by atoms with E-state index in [9.17, 15) is 4.79 Å². The Labute approximate surface area is 165 Å². The fourth-order valence-electron chi connectivity index (χ4n) is 2.34. The molecular formula is C19H16BrN3O2S. The number of rotatable bonds is 3. The summed E-state index contributed by atoms with van der Waals surface area (Å²) in [6.07, 6.45) is 0. The summed E-state index contributed by atoms with van der Waals surface area (Å²) in [4.78, 5) is 16.6. The number of anilines is 1. The standard InChI is InChI=1S/C19H16BrN3O2S/c1-11-4-3-5-13(10-11)15-7-8-16(25-15)18(24)23-19(26)22-17-9-6-14(20)12(2)21-17/h3-10H,1-2H3,(H2,21,22,23,24,26). The van der Waals surface area contributed by atoms with E-state index in [1.54, 1.807) is 18.2 Å². The van der Waals surface area contributed by atoms with Gasteiger partial charge in [0, 0.05) is 10.0 Å². The van der Waals surface area contributed by atoms with Crippen LogP contribution in [0.4, 0.5) is 5.82 Å². The molecule has 1 aromatic carbocycles. The molecule has 2 aromatic heterocycles. The van der Waals surface area contributed by atoms with Crippen LogP contribution in [0, 0.1) is 13.8 Å². The number of aryl methyl sites for hydroxylation is 2. The molecule has 0 aliphatic carbocycles. The number of thiocarbonyl (C=S) groups is 1. The third-order valence-electron chi connectivity index (χ3n) is 3.62. The number of hydrogen-bond donors (Lipinski definition) is 2. The zero-order valence-corrected chi connectivity index (χ0v) is 16.6. The normalized spacial score (nSPS) is 10.4. The van der Waals surface area contributed by atoms with Gasteiger partial charge in [0.05, 0.1) is 5.69 Å². The Kier molecular flexibility index (Phi) is 5.49. The zero-order chi connectivity index (χ0) is 18.7. The van der Waals surface area contributed by atoms with E-state index in [1.165, 1.54) is 0 Å². The molecule has 3 rings (SSSR count). The molecule has 0 saturated heterocycles. The Hall–Kier alpha value is -2.51. The average molecular weight is 430 g/mol. The molecule has 0 unspecified atom stereocenters. The Bertz CT molecular complexity index is 984. The number of pyridine rings is 1. The van der Waals surface area contributed by atoms with Crippen molar-refractivity contribution < 1.29 is 9.21 Å². The number of carbonyl (C=O) groups excluding carboxylic acids is 1. The van der Waals surface area contributed by atoms with Gasteiger partial charge in [0.2, 0.25) is 0 Å². The second kappa shape index (κ2) is 7.80. The Morgan fingerprint density at radius 1 is 1.15 bits per heavy atom. The van der Waals surface area contributed by atoms with Crippen LogP contribution in [-0.2, 0) is 0 Å². The molecule has 3 aromatic rings. The fourth-order valence-corrected chi connectivity index (χ4v) is 2.76. The number of furan rings is 1. The summed E-state index contributed by atoms with van der Waals surface area (Å²) in [5.41, 5.74) is 2.85. The van der Waals surface area contributed by atoms with Gasteiger partial charge in [-0.25, -0.2) is 4.98 Å². The molecule has 0 fully saturated rings. The first-order valence-electron chi connectivity index (χ1n) is 7.85. The summed E-state index contributed by atoms with van der Waals surface area (Å²) in [7, 11) is 0. The predicted octanol–water partition coefficient (Wildman–Crippen LogP) is 4.85. The maximum Gasteiger partial charge on any atom is 0.293 e. The summed E-state index contributed by atoms with van der Waals surface area (Å²) in [5, 5.41) is 5.62. The van der Waals surface area contributed by atoms with Gasteiger partial charge in [-0.05, 0) is 72.3 Å². The molecule has 0 saturated carbocycles. The van der Waals surface area contributed by atoms with Crippen LogP contribution in [0.15, 0.2) is 57.4 Å². The lowest BCUT2D eigenvalue weighted by Gasteiger charge is -2.09. The van der Waals surface area contributed by atoms with Crippen LogP contribution in [0.25, 0.3) is 11.3 Å². The van der Waals surface area contributed by atoms with Crippen molar-refractivity contribution >= 4 is 45.0 Å². The third kappa shape index (κ3) is 4.36. The first-order chi connectivity index (χ1) is 12.4. The van der Waals surface area contributed by atoms with Gasteiger partial charge in [0.15, 0.2) is 10.9 Å². The number of benzene rings is 1. The van der Waals surface area contributed by atoms with E-state index in [0.29, 0.717) is 11.6 Å². The van der Waals surface area contributed by atoms with Crippen LogP contribution in [0.3, 0.4) is 0 Å². The first-order valence-corrected chi connectivity index (χ1v) is 9.05. The lowest BCUT2D eigenvalue weighted by molar-refractivity contribution is 0.0951. The largest absolute Gasteiger partial charge is 0.451 e. The number of amides is 1. The second-order valence-electron chi connectivity index (χ2n) is 5.71. The highest BCUT2D eigenvalue weighted by molar-refractivity contribution is 9.10. The maximum absolute atomic E-state index is 12.3. The van der Waals surface area contributed by atoms with Crippen LogP contribution >= 0.6 is 28.1 Å². The average Bonchev–Trinajstić information content (AvgIpc) is 3.08. The lowest BCUT2D eigenvalue weighted by Crippen LogP contribution is -2.34. The quantitative estimate of drug-likeness (QED) is 0.582. The van der Waals surface area contributed by atoms with Gasteiger partial charge < -0.3 is 9.73 Å². The summed E-state index contributed by atoms with van der Waals surface area (Å²) in [5.74, 6) is 0.944. The molecule has 2 heterocycles. The van der Waals surface area contributed by atoms with E-state index in [-0.39, 0.29) is 10.9 Å². The van der Waals surface area contributed by atoms with Crippen molar-refractivity contribution in [3.8, 4) is 11.3 Å². The molecule has 1 amide bonds. The molecule has 132 valence electrons. The van der Waals surface area contributed by atoms with E-state index in [1.807, 2.05) is 44.2 Å². The summed E-state index contributed by atoms with van der Waals surface area (Å²) < 4.78 is 6.55. The van der Waals surface area contributed by atoms with Gasteiger partial charge in [-0.3, -0.25) is 10.1 Å². The number of halogens is 1. The monoisotopic (exact) mass is 429 g/mol. The highest BCUT2D eigenvalue weighted by Gasteiger charge is 2.14. The van der Waals surface area contributed by atoms with Crippen LogP contribution in [0.2, 0.25) is 0 Å². The van der Waals surface area contributed by atoms with Crippen molar-refractivity contribution in [3.05, 3.63) is 70.0 Å². The number of nitrogens with zero attached hydrogens (tertiary/aromatic N) is 1. The highest BCUT2D eigenvalue weighted by Crippen LogP contribution is 2.23. The minimum Gasteiger partial charge on any atom is -0.451 e. The highest BCUT2D eigenvalue weighted by atomic mass is 79.9. The van der Waals surface area contributed by atoms with Crippen molar-refractivity contribution in [2.24, 2.45) is 0 Å². The van der Waals surface area contributed by atoms with Gasteiger partial charge in [-0.1, -0.05) is 23.8 Å². The van der Waals surface area contributed by atoms with Gasteiger partial charge in [-0.2, -0.15) is 0 Å². The topological polar surface area (TPSA) is 67.2 Å². The van der Waals surface area contributed by atoms with Crippen LogP contribution in [0.1, 0.15) is 21.8 Å². The van der Waals surface area contributed by atoms with Crippen molar-refractivity contribution in [1.82, 2.24) is 10.3 Å². The van der Waals surface area contributed by atoms with E-state index >= 15 is 0 Å². The number of nitrogens with one attached hydrogen (secondary N) is 2. The predicted molar refractivity (Wildman–Crippen MR) is 109 cm³/mol. The minimum absolute atomic E-state index is 0.151. The van der Waals surface area contributed by atoms with Gasteiger partial charge in [-0.15, -0.1) is 0 Å². The van der Waals surface area contributed by atoms with Crippen molar-refractivity contribution in [3.63, 3.8) is 0 Å². The van der Waals surface area contributed by atoms with E-state index in [2.05, 4.69) is 31.5 Å². The fraction of sp³-hybridized carbons (Fsp3) is 0.105. The summed E-state index contributed by atoms with van der Waals surface area (Å²) in [6, 6.07) is 14.9. The maximum atomic E-state index is 12.3. The Morgan fingerprint density at radius 2 is 1.96 bits per heavy atom. The summed E-state index contributed by atoms with van der Waals surface area (Å²) >= 11 is 8.56. The second-order valence-corrected chi connectivity index (χ2v) is 6.97. The number of carbonyl (C=O) groups is 1. The van der Waals surface area contributed by atoms with E-state index in [4.69, 9.17) is 16.6 Å². The molecule has 0 aliphatic heterocycles. The number of hydrogen-bond acceptors (Lipinski definition) is 4. The molecule has 0 spiro atoms. The molecule has 0 atom stereocenters. The molecule has 0 radical (unpaired) electrons. The van der Waals surface area contributed by atoms with Crippen LogP contribution < -0.4 is 10.6 Å². The van der Waals surface area contributed by atoms with Gasteiger partial charge >= 0.3 is 0 Å². The van der Waals surface area contributed by atoms with Crippen molar-refractivity contribution in [1.29, 1.82) is 0 Å². The molecule has 5 nitrogen and oxygen atoms in total. The smallest absolute Gasteiger partial charge is 0.293 e. The van der Waals surface area contributed by atoms with Crippen molar-refractivity contribution in [2.45, 2.75) is 13.8 Å². The van der Waals surface area contributed by atoms with Gasteiger partial charge in [0.1, 0.15) is 11.6 Å². The molecule has 2 N–H and O–H groups in total. The molecule has 7 heteroatoms. The molecule has 26 heavy (non-hydrogen) atoms. The van der Waals surface area contributed by atoms with Crippen LogP contribution in [0.5, 0.6) is 0 Å². The Morgan fingerprint density at radius 3 is 2.69 bits per heavy atom. The zero-order valence-electron chi connectivity index (χ0n) is 14.2. The van der Waals surface area contributed by atoms with Crippen LogP contribution in [-0.4, -0.2) is 16.0 Å². The molecule has 0 bridgehead atoms. The van der Waals surface area contributed by atoms with E-state index in [0.717, 1.165) is 21.3 Å². The Balaban J connectivity index is 1.66. The molecule has 0 aliphatic rings. The summed E-state index contributed by atoms with van der Waals surface area (Å²) in [6.45, 7) is 3.87. The lowest BCUT2D eigenvalue weighted by atomic mass is 10.1. The molecular weight excluding hydrogens is 414 g/mol.